The number of benzene rings is 2. The van der Waals surface area contributed by atoms with Crippen molar-refractivity contribution in [3.05, 3.63) is 42.5 Å². The van der Waals surface area contributed by atoms with Gasteiger partial charge in [0.1, 0.15) is 23.6 Å². The molecule has 4 aliphatic heterocycles. The molecule has 4 aliphatic rings. The maximum atomic E-state index is 14.5. The molecule has 0 amide bonds. The number of esters is 1. The summed E-state index contributed by atoms with van der Waals surface area (Å²) in [6.45, 7) is 17.4. The SMILES string of the molecule is CC[C@H]1OC(=O)[C@H](C)[C@@H](O[C@H]2C[C@@](C)(OC)[C@@H](O)[C@H](C)O2)[C@H](C)[C@@H](O[C@@H]2O[C@H](C)C[C@H]3[C@H]2OC(=Nc2cccc4ccccc24)N3C)[C@](C)(OC)C[C@@H](C)C(=O)[C@H](C)[C@@H](O)[C@]1(C)O. The van der Waals surface area contributed by atoms with Crippen LogP contribution in [-0.2, 0) is 47.5 Å². The van der Waals surface area contributed by atoms with Gasteiger partial charge in [-0.25, -0.2) is 0 Å². The summed E-state index contributed by atoms with van der Waals surface area (Å²) in [4.78, 5) is 35.8. The van der Waals surface area contributed by atoms with Gasteiger partial charge in [0, 0.05) is 50.8 Å². The molecule has 0 unspecified atom stereocenters. The van der Waals surface area contributed by atoms with Gasteiger partial charge in [0.2, 0.25) is 0 Å². The quantitative estimate of drug-likeness (QED) is 0.275. The van der Waals surface area contributed by atoms with E-state index in [4.69, 9.17) is 42.9 Å². The molecule has 0 aromatic heterocycles. The zero-order valence-electron chi connectivity index (χ0n) is 39.3. The van der Waals surface area contributed by atoms with Gasteiger partial charge >= 0.3 is 5.97 Å². The molecular weight excluding hydrogens is 813 g/mol. The molecule has 18 atom stereocenters. The summed E-state index contributed by atoms with van der Waals surface area (Å²) >= 11 is 0. The van der Waals surface area contributed by atoms with Crippen LogP contribution < -0.4 is 0 Å². The van der Waals surface area contributed by atoms with Crippen molar-refractivity contribution < 1.29 is 62.8 Å². The van der Waals surface area contributed by atoms with E-state index in [-0.39, 0.29) is 37.2 Å². The van der Waals surface area contributed by atoms with Gasteiger partial charge in [0.15, 0.2) is 18.7 Å². The Morgan fingerprint density at radius 1 is 0.841 bits per heavy atom. The molecule has 15 nitrogen and oxygen atoms in total. The number of nitrogens with zero attached hydrogens (tertiary/aromatic N) is 2. The van der Waals surface area contributed by atoms with Crippen molar-refractivity contribution in [3.63, 3.8) is 0 Å². The Hall–Kier alpha value is -3.25. The van der Waals surface area contributed by atoms with Gasteiger partial charge in [-0.05, 0) is 72.3 Å². The molecule has 4 fully saturated rings. The Bertz CT molecular complexity index is 1940. The lowest BCUT2D eigenvalue weighted by atomic mass is 9.74. The first-order chi connectivity index (χ1) is 29.6. The average Bonchev–Trinajstić information content (AvgIpc) is 3.57. The average molecular weight is 885 g/mol. The van der Waals surface area contributed by atoms with Crippen LogP contribution in [0, 0.1) is 23.7 Å². The van der Waals surface area contributed by atoms with E-state index in [0.717, 1.165) is 16.5 Å². The minimum Gasteiger partial charge on any atom is -0.459 e. The minimum absolute atomic E-state index is 0.120. The summed E-state index contributed by atoms with van der Waals surface area (Å²) < 4.78 is 52.0. The molecular formula is C48H72N2O13. The van der Waals surface area contributed by atoms with E-state index in [1.807, 2.05) is 75.2 Å². The van der Waals surface area contributed by atoms with Gasteiger partial charge in [0.05, 0.1) is 59.4 Å². The fourth-order valence-electron chi connectivity index (χ4n) is 10.4. The number of ether oxygens (including phenoxy) is 8. The molecule has 352 valence electrons. The number of ketones is 1. The van der Waals surface area contributed by atoms with Crippen molar-refractivity contribution in [1.29, 1.82) is 0 Å². The Labute approximate surface area is 372 Å². The topological polar surface area (TPSA) is 184 Å². The summed E-state index contributed by atoms with van der Waals surface area (Å²) in [5, 5.41) is 36.5. The first kappa shape index (κ1) is 49.2. The Morgan fingerprint density at radius 2 is 1.51 bits per heavy atom. The van der Waals surface area contributed by atoms with Crippen LogP contribution in [0.5, 0.6) is 0 Å². The summed E-state index contributed by atoms with van der Waals surface area (Å²) in [5.74, 6) is -4.47. The van der Waals surface area contributed by atoms with Gasteiger partial charge < -0.3 is 58.1 Å². The first-order valence-electron chi connectivity index (χ1n) is 22.6. The fraction of sp³-hybridized carbons (Fsp3) is 0.729. The van der Waals surface area contributed by atoms with Crippen molar-refractivity contribution in [2.45, 2.75) is 179 Å². The number of hydrogen-bond acceptors (Lipinski definition) is 14. The van der Waals surface area contributed by atoms with Crippen molar-refractivity contribution in [3.8, 4) is 0 Å². The number of aliphatic hydroxyl groups excluding tert-OH is 2. The number of rotatable bonds is 8. The molecule has 3 N–H and O–H groups in total. The molecule has 0 aliphatic carbocycles. The van der Waals surface area contributed by atoms with Gasteiger partial charge in [-0.15, -0.1) is 0 Å². The van der Waals surface area contributed by atoms with Crippen molar-refractivity contribution in [2.75, 3.05) is 21.3 Å². The molecule has 0 saturated carbocycles. The van der Waals surface area contributed by atoms with Crippen LogP contribution in [0.25, 0.3) is 10.8 Å². The minimum atomic E-state index is -1.98. The maximum absolute atomic E-state index is 14.5. The van der Waals surface area contributed by atoms with Crippen LogP contribution >= 0.6 is 0 Å². The van der Waals surface area contributed by atoms with E-state index in [1.54, 1.807) is 48.7 Å². The van der Waals surface area contributed by atoms with Gasteiger partial charge in [-0.1, -0.05) is 64.1 Å². The Morgan fingerprint density at radius 3 is 2.17 bits per heavy atom. The van der Waals surface area contributed by atoms with E-state index in [9.17, 15) is 24.9 Å². The number of Topliss-reactive ketones (excluding diaryl/α,β-unsaturated/α-hetero) is 1. The third-order valence-corrected chi connectivity index (χ3v) is 14.6. The van der Waals surface area contributed by atoms with Crippen molar-refractivity contribution in [2.24, 2.45) is 28.7 Å². The van der Waals surface area contributed by atoms with Gasteiger partial charge in [0.25, 0.3) is 6.02 Å². The highest BCUT2D eigenvalue weighted by Gasteiger charge is 2.56. The highest BCUT2D eigenvalue weighted by Crippen LogP contribution is 2.43. The highest BCUT2D eigenvalue weighted by molar-refractivity contribution is 5.95. The monoisotopic (exact) mass is 885 g/mol. The highest BCUT2D eigenvalue weighted by atomic mass is 16.7. The predicted octanol–water partition coefficient (Wildman–Crippen LogP) is 5.69. The number of aliphatic hydroxyl groups is 3. The number of likely N-dealkylation sites (N-methyl/N-ethyl adjacent to an activating group) is 1. The van der Waals surface area contributed by atoms with Crippen LogP contribution in [0.15, 0.2) is 47.5 Å². The summed E-state index contributed by atoms with van der Waals surface area (Å²) in [7, 11) is 5.01. The van der Waals surface area contributed by atoms with Crippen LogP contribution in [0.4, 0.5) is 5.69 Å². The van der Waals surface area contributed by atoms with E-state index < -0.39 is 102 Å². The lowest BCUT2D eigenvalue weighted by Crippen LogP contribution is -2.61. The molecule has 2 aromatic rings. The molecule has 2 aromatic carbocycles. The molecule has 0 radical (unpaired) electrons. The molecule has 4 saturated heterocycles. The molecule has 0 spiro atoms. The molecule has 6 rings (SSSR count). The number of methoxy groups -OCH3 is 2. The van der Waals surface area contributed by atoms with Crippen LogP contribution in [0.1, 0.15) is 94.9 Å². The number of carbonyl (C=O) groups excluding carboxylic acids is 2. The second-order valence-corrected chi connectivity index (χ2v) is 19.3. The largest absolute Gasteiger partial charge is 0.459 e. The van der Waals surface area contributed by atoms with Crippen LogP contribution in [-0.4, -0.2) is 144 Å². The number of aliphatic imine (C=N–C) groups is 1. The standard InChI is InChI=1S/C48H72N2O13/c1-14-35-48(10,55)40(52)27(4)37(51)25(2)23-47(9,57-13)42(28(5)38(29(6)43(54)60-35)61-36-24-46(8,56-12)41(53)30(7)59-36)63-44-39-34(22-26(3)58-44)50(11)45(62-39)49-33-21-17-19-31-18-15-16-20-32(31)33/h15-21,25-30,34-36,38-42,44,52-53,55H,14,22-24H2,1-13H3/t25-,26-,27+,28+,29-,30+,34+,35-,36+,38+,39-,40-,41+,42-,44+,46-,47-,48-/m1/s1. The smallest absolute Gasteiger partial charge is 0.311 e. The Kier molecular flexibility index (Phi) is 15.1. The van der Waals surface area contributed by atoms with E-state index in [1.165, 1.54) is 14.0 Å². The zero-order valence-corrected chi connectivity index (χ0v) is 39.3. The van der Waals surface area contributed by atoms with Crippen molar-refractivity contribution in [1.82, 2.24) is 4.90 Å². The normalized spacial score (nSPS) is 43.9. The van der Waals surface area contributed by atoms with Crippen LogP contribution in [0.3, 0.4) is 0 Å². The number of hydrogen-bond donors (Lipinski definition) is 3. The number of cyclic esters (lactones) is 1. The molecule has 15 heteroatoms. The third kappa shape index (κ3) is 9.69. The fourth-order valence-corrected chi connectivity index (χ4v) is 10.4. The second-order valence-electron chi connectivity index (χ2n) is 19.3. The number of amidine groups is 1. The van der Waals surface area contributed by atoms with E-state index in [0.29, 0.717) is 12.4 Å². The molecule has 0 bridgehead atoms. The maximum Gasteiger partial charge on any atom is 0.311 e. The van der Waals surface area contributed by atoms with Crippen molar-refractivity contribution >= 4 is 34.2 Å². The number of fused-ring (bicyclic) bond motifs is 2. The predicted molar refractivity (Wildman–Crippen MR) is 235 cm³/mol. The summed E-state index contributed by atoms with van der Waals surface area (Å²) in [6.07, 6.45) is -8.16. The lowest BCUT2D eigenvalue weighted by Gasteiger charge is -2.49. The van der Waals surface area contributed by atoms with Gasteiger partial charge in [-0.3, -0.25) is 9.59 Å². The lowest BCUT2D eigenvalue weighted by molar-refractivity contribution is -0.315. The first-order valence-corrected chi connectivity index (χ1v) is 22.6. The van der Waals surface area contributed by atoms with E-state index >= 15 is 0 Å². The van der Waals surface area contributed by atoms with Crippen LogP contribution in [0.2, 0.25) is 0 Å². The number of carbonyl (C=O) groups is 2. The van der Waals surface area contributed by atoms with E-state index in [2.05, 4.69) is 0 Å². The summed E-state index contributed by atoms with van der Waals surface area (Å²) in [5.41, 5.74) is -3.52. The molecule has 63 heavy (non-hydrogen) atoms. The van der Waals surface area contributed by atoms with Gasteiger partial charge in [-0.2, -0.15) is 4.99 Å². The summed E-state index contributed by atoms with van der Waals surface area (Å²) in [6, 6.07) is 14.2. The molecule has 4 heterocycles. The third-order valence-electron chi connectivity index (χ3n) is 14.6. The Balaban J connectivity index is 1.43. The zero-order chi connectivity index (χ0) is 46.3. The second kappa shape index (κ2) is 19.3.